The van der Waals surface area contributed by atoms with Gasteiger partial charge in [-0.1, -0.05) is 13.0 Å². The zero-order chi connectivity index (χ0) is 11.3. The van der Waals surface area contributed by atoms with Gasteiger partial charge >= 0.3 is 0 Å². The number of aliphatic hydroxyl groups is 1. The molecule has 3 nitrogen and oxygen atoms in total. The van der Waals surface area contributed by atoms with Crippen LogP contribution in [-0.2, 0) is 0 Å². The average molecular weight is 208 g/mol. The van der Waals surface area contributed by atoms with Gasteiger partial charge in [-0.3, -0.25) is 4.98 Å². The normalized spacial score (nSPS) is 14.9. The van der Waals surface area contributed by atoms with E-state index in [1.54, 1.807) is 0 Å². The van der Waals surface area contributed by atoms with Crippen molar-refractivity contribution in [3.63, 3.8) is 0 Å². The summed E-state index contributed by atoms with van der Waals surface area (Å²) < 4.78 is 0. The minimum Gasteiger partial charge on any atom is -0.396 e. The zero-order valence-electron chi connectivity index (χ0n) is 9.48. The number of hydrogen-bond acceptors (Lipinski definition) is 3. The molecular weight excluding hydrogens is 188 g/mol. The molecule has 0 aliphatic carbocycles. The Morgan fingerprint density at radius 3 is 2.67 bits per heavy atom. The molecule has 15 heavy (non-hydrogen) atoms. The smallest absolute Gasteiger partial charge is 0.0451 e. The van der Waals surface area contributed by atoms with E-state index in [-0.39, 0.29) is 18.6 Å². The maximum atomic E-state index is 9.01. The van der Waals surface area contributed by atoms with Crippen LogP contribution >= 0.6 is 0 Å². The predicted molar refractivity (Wildman–Crippen MR) is 61.7 cm³/mol. The number of aliphatic hydroxyl groups excluding tert-OH is 1. The monoisotopic (exact) mass is 208 g/mol. The van der Waals surface area contributed by atoms with Crippen LogP contribution in [0.3, 0.4) is 0 Å². The summed E-state index contributed by atoms with van der Waals surface area (Å²) in [5.41, 5.74) is 8.16. The Hall–Kier alpha value is -0.930. The summed E-state index contributed by atoms with van der Waals surface area (Å²) in [6.07, 6.45) is 3.44. The summed E-state index contributed by atoms with van der Waals surface area (Å²) in [6, 6.07) is 4.12. The van der Waals surface area contributed by atoms with Crippen LogP contribution in [0.25, 0.3) is 0 Å². The van der Waals surface area contributed by atoms with Gasteiger partial charge in [-0.05, 0) is 31.4 Å². The molecule has 0 fully saturated rings. The first-order chi connectivity index (χ1) is 7.19. The number of rotatable bonds is 5. The molecule has 0 aliphatic heterocycles. The molecule has 0 bridgehead atoms. The van der Waals surface area contributed by atoms with E-state index in [0.717, 1.165) is 17.7 Å². The molecule has 1 aromatic heterocycles. The molecule has 0 radical (unpaired) electrons. The highest BCUT2D eigenvalue weighted by molar-refractivity contribution is 5.17. The second-order valence-electron chi connectivity index (χ2n) is 3.95. The highest BCUT2D eigenvalue weighted by Gasteiger charge is 2.18. The standard InChI is InChI=1S/C12H20N2O/c1-3-11(13)10(6-7-15)12-5-4-9(2)8-14-12/h4-5,8,10-11,15H,3,6-7,13H2,1-2H3. The van der Waals surface area contributed by atoms with Gasteiger partial charge in [0.1, 0.15) is 0 Å². The van der Waals surface area contributed by atoms with Crippen LogP contribution in [0, 0.1) is 6.92 Å². The van der Waals surface area contributed by atoms with Crippen molar-refractivity contribution in [3.05, 3.63) is 29.6 Å². The minimum atomic E-state index is 0.0763. The second kappa shape index (κ2) is 5.83. The van der Waals surface area contributed by atoms with E-state index >= 15 is 0 Å². The molecule has 84 valence electrons. The van der Waals surface area contributed by atoms with Gasteiger partial charge < -0.3 is 10.8 Å². The van der Waals surface area contributed by atoms with Crippen molar-refractivity contribution < 1.29 is 5.11 Å². The molecule has 0 aromatic carbocycles. The van der Waals surface area contributed by atoms with Gasteiger partial charge in [0.05, 0.1) is 0 Å². The molecule has 3 heteroatoms. The van der Waals surface area contributed by atoms with Crippen LogP contribution in [0.4, 0.5) is 0 Å². The fraction of sp³-hybridized carbons (Fsp3) is 0.583. The van der Waals surface area contributed by atoms with E-state index in [2.05, 4.69) is 11.9 Å². The van der Waals surface area contributed by atoms with Crippen LogP contribution in [0.2, 0.25) is 0 Å². The van der Waals surface area contributed by atoms with Gasteiger partial charge in [-0.15, -0.1) is 0 Å². The van der Waals surface area contributed by atoms with E-state index < -0.39 is 0 Å². The molecule has 0 saturated carbocycles. The largest absolute Gasteiger partial charge is 0.396 e. The number of aromatic nitrogens is 1. The first kappa shape index (κ1) is 12.1. The topological polar surface area (TPSA) is 59.1 Å². The van der Waals surface area contributed by atoms with E-state index in [9.17, 15) is 0 Å². The van der Waals surface area contributed by atoms with Gasteiger partial charge in [0.25, 0.3) is 0 Å². The summed E-state index contributed by atoms with van der Waals surface area (Å²) in [6.45, 7) is 4.23. The summed E-state index contributed by atoms with van der Waals surface area (Å²) in [5.74, 6) is 0.167. The maximum Gasteiger partial charge on any atom is 0.0451 e. The number of hydrogen-bond donors (Lipinski definition) is 2. The quantitative estimate of drug-likeness (QED) is 0.772. The Labute approximate surface area is 91.3 Å². The van der Waals surface area contributed by atoms with Gasteiger partial charge in [-0.2, -0.15) is 0 Å². The number of nitrogens with two attached hydrogens (primary N) is 1. The lowest BCUT2D eigenvalue weighted by Crippen LogP contribution is -2.29. The lowest BCUT2D eigenvalue weighted by atomic mass is 9.91. The van der Waals surface area contributed by atoms with Crippen LogP contribution in [0.5, 0.6) is 0 Å². The van der Waals surface area contributed by atoms with Crippen molar-refractivity contribution >= 4 is 0 Å². The summed E-state index contributed by atoms with van der Waals surface area (Å²) >= 11 is 0. The van der Waals surface area contributed by atoms with Gasteiger partial charge in [-0.25, -0.2) is 0 Å². The van der Waals surface area contributed by atoms with Gasteiger partial charge in [0.15, 0.2) is 0 Å². The molecule has 0 spiro atoms. The van der Waals surface area contributed by atoms with Gasteiger partial charge in [0.2, 0.25) is 0 Å². The Bertz CT molecular complexity index is 284. The van der Waals surface area contributed by atoms with Crippen LogP contribution in [0.15, 0.2) is 18.3 Å². The number of nitrogens with zero attached hydrogens (tertiary/aromatic N) is 1. The molecule has 1 heterocycles. The Morgan fingerprint density at radius 2 is 2.20 bits per heavy atom. The van der Waals surface area contributed by atoms with Gasteiger partial charge in [0, 0.05) is 30.5 Å². The fourth-order valence-corrected chi connectivity index (χ4v) is 1.70. The van der Waals surface area contributed by atoms with Crippen LogP contribution in [-0.4, -0.2) is 22.7 Å². The summed E-state index contributed by atoms with van der Waals surface area (Å²) in [4.78, 5) is 4.38. The molecule has 0 aliphatic rings. The third-order valence-electron chi connectivity index (χ3n) is 2.74. The molecule has 2 unspecified atom stereocenters. The summed E-state index contributed by atoms with van der Waals surface area (Å²) in [7, 11) is 0. The highest BCUT2D eigenvalue weighted by Crippen LogP contribution is 2.22. The molecular formula is C12H20N2O. The third kappa shape index (κ3) is 3.29. The molecule has 3 N–H and O–H groups in total. The van der Waals surface area contributed by atoms with Crippen molar-refractivity contribution in [1.82, 2.24) is 4.98 Å². The number of pyridine rings is 1. The van der Waals surface area contributed by atoms with Crippen molar-refractivity contribution in [3.8, 4) is 0 Å². The lowest BCUT2D eigenvalue weighted by Gasteiger charge is -2.21. The van der Waals surface area contributed by atoms with Crippen molar-refractivity contribution in [2.45, 2.75) is 38.6 Å². The van der Waals surface area contributed by atoms with Crippen LogP contribution in [0.1, 0.15) is 36.9 Å². The fourth-order valence-electron chi connectivity index (χ4n) is 1.70. The second-order valence-corrected chi connectivity index (χ2v) is 3.95. The number of aryl methyl sites for hydroxylation is 1. The van der Waals surface area contributed by atoms with E-state index in [4.69, 9.17) is 10.8 Å². The Balaban J connectivity index is 2.83. The minimum absolute atomic E-state index is 0.0763. The molecule has 1 aromatic rings. The van der Waals surface area contributed by atoms with Crippen LogP contribution < -0.4 is 5.73 Å². The first-order valence-electron chi connectivity index (χ1n) is 5.48. The maximum absolute atomic E-state index is 9.01. The molecule has 0 saturated heterocycles. The van der Waals surface area contributed by atoms with E-state index in [0.29, 0.717) is 6.42 Å². The first-order valence-corrected chi connectivity index (χ1v) is 5.48. The highest BCUT2D eigenvalue weighted by atomic mass is 16.3. The Morgan fingerprint density at radius 1 is 1.47 bits per heavy atom. The van der Waals surface area contributed by atoms with Crippen molar-refractivity contribution in [2.24, 2.45) is 5.73 Å². The van der Waals surface area contributed by atoms with Crippen molar-refractivity contribution in [2.75, 3.05) is 6.61 Å². The SMILES string of the molecule is CCC(N)C(CCO)c1ccc(C)cn1. The zero-order valence-corrected chi connectivity index (χ0v) is 9.48. The summed E-state index contributed by atoms with van der Waals surface area (Å²) in [5, 5.41) is 9.01. The molecule has 2 atom stereocenters. The molecule has 1 rings (SSSR count). The van der Waals surface area contributed by atoms with Crippen molar-refractivity contribution in [1.29, 1.82) is 0 Å². The third-order valence-corrected chi connectivity index (χ3v) is 2.74. The molecule has 0 amide bonds. The lowest BCUT2D eigenvalue weighted by molar-refractivity contribution is 0.265. The predicted octanol–water partition coefficient (Wildman–Crippen LogP) is 1.59. The Kier molecular flexibility index (Phi) is 4.72. The van der Waals surface area contributed by atoms with E-state index in [1.165, 1.54) is 0 Å². The average Bonchev–Trinajstić information content (AvgIpc) is 2.26. The van der Waals surface area contributed by atoms with E-state index in [1.807, 2.05) is 25.3 Å².